The first-order valence-corrected chi connectivity index (χ1v) is 6.44. The fourth-order valence-corrected chi connectivity index (χ4v) is 1.82. The highest BCUT2D eigenvalue weighted by molar-refractivity contribution is 5.92. The molecule has 0 aliphatic rings. The lowest BCUT2D eigenvalue weighted by atomic mass is 10.1. The minimum atomic E-state index is -0.466. The Labute approximate surface area is 122 Å². The molecule has 1 atom stereocenters. The van der Waals surface area contributed by atoms with Crippen molar-refractivity contribution in [2.75, 3.05) is 7.11 Å². The van der Waals surface area contributed by atoms with Crippen LogP contribution in [-0.4, -0.2) is 23.0 Å². The van der Waals surface area contributed by atoms with Crippen molar-refractivity contribution in [2.24, 2.45) is 0 Å². The lowest BCUT2D eigenvalue weighted by Crippen LogP contribution is -2.27. The molecule has 0 saturated carbocycles. The molecule has 0 saturated heterocycles. The Bertz CT molecular complexity index is 644. The van der Waals surface area contributed by atoms with Crippen LogP contribution in [0.4, 0.5) is 4.39 Å². The summed E-state index contributed by atoms with van der Waals surface area (Å²) >= 11 is 0. The van der Waals surface area contributed by atoms with Crippen LogP contribution in [0.5, 0.6) is 5.75 Å². The smallest absolute Gasteiger partial charge is 0.271 e. The van der Waals surface area contributed by atoms with E-state index in [1.807, 2.05) is 0 Å². The average molecular weight is 289 g/mol. The van der Waals surface area contributed by atoms with E-state index in [2.05, 4.69) is 15.3 Å². The van der Waals surface area contributed by atoms with E-state index in [0.717, 1.165) is 5.69 Å². The van der Waals surface area contributed by atoms with E-state index in [1.54, 1.807) is 19.9 Å². The van der Waals surface area contributed by atoms with Crippen molar-refractivity contribution in [3.63, 3.8) is 0 Å². The second-order valence-electron chi connectivity index (χ2n) is 4.63. The maximum absolute atomic E-state index is 13.7. The normalized spacial score (nSPS) is 11.8. The molecule has 0 spiro atoms. The SMILES string of the molecule is COc1ccc([C@H](C)NC(=O)c2cnc(C)cn2)cc1F. The molecule has 5 nitrogen and oxygen atoms in total. The Morgan fingerprint density at radius 2 is 2.10 bits per heavy atom. The third kappa shape index (κ3) is 3.53. The van der Waals surface area contributed by atoms with E-state index in [1.165, 1.54) is 31.6 Å². The van der Waals surface area contributed by atoms with Gasteiger partial charge in [0.2, 0.25) is 0 Å². The molecule has 110 valence electrons. The minimum Gasteiger partial charge on any atom is -0.494 e. The number of amides is 1. The summed E-state index contributed by atoms with van der Waals surface area (Å²) in [6, 6.07) is 4.21. The number of hydrogen-bond donors (Lipinski definition) is 1. The Morgan fingerprint density at radius 3 is 2.67 bits per heavy atom. The van der Waals surface area contributed by atoms with Crippen LogP contribution in [0, 0.1) is 12.7 Å². The summed E-state index contributed by atoms with van der Waals surface area (Å²) in [5, 5.41) is 2.75. The summed E-state index contributed by atoms with van der Waals surface area (Å²) in [6.45, 7) is 3.55. The second kappa shape index (κ2) is 6.30. The number of nitrogens with zero attached hydrogens (tertiary/aromatic N) is 2. The minimum absolute atomic E-state index is 0.168. The van der Waals surface area contributed by atoms with Gasteiger partial charge in [0.25, 0.3) is 5.91 Å². The fourth-order valence-electron chi connectivity index (χ4n) is 1.82. The molecule has 0 bridgehead atoms. The summed E-state index contributed by atoms with van der Waals surface area (Å²) in [5.74, 6) is -0.654. The van der Waals surface area contributed by atoms with E-state index in [4.69, 9.17) is 4.74 Å². The average Bonchev–Trinajstić information content (AvgIpc) is 2.47. The van der Waals surface area contributed by atoms with E-state index >= 15 is 0 Å². The first-order chi connectivity index (χ1) is 10.0. The number of ether oxygens (including phenoxy) is 1. The summed E-state index contributed by atoms with van der Waals surface area (Å²) in [5.41, 5.74) is 1.60. The molecule has 0 fully saturated rings. The van der Waals surface area contributed by atoms with Crippen LogP contribution in [0.3, 0.4) is 0 Å². The maximum Gasteiger partial charge on any atom is 0.271 e. The van der Waals surface area contributed by atoms with Gasteiger partial charge < -0.3 is 10.1 Å². The van der Waals surface area contributed by atoms with Crippen LogP contribution in [0.25, 0.3) is 0 Å². The van der Waals surface area contributed by atoms with Crippen molar-refractivity contribution < 1.29 is 13.9 Å². The van der Waals surface area contributed by atoms with Crippen molar-refractivity contribution in [1.82, 2.24) is 15.3 Å². The summed E-state index contributed by atoms with van der Waals surface area (Å²) in [4.78, 5) is 20.0. The highest BCUT2D eigenvalue weighted by atomic mass is 19.1. The lowest BCUT2D eigenvalue weighted by molar-refractivity contribution is 0.0934. The third-order valence-electron chi connectivity index (χ3n) is 3.04. The molecule has 1 N–H and O–H groups in total. The molecule has 2 aromatic rings. The van der Waals surface area contributed by atoms with Crippen LogP contribution in [-0.2, 0) is 0 Å². The number of hydrogen-bond acceptors (Lipinski definition) is 4. The van der Waals surface area contributed by atoms with Gasteiger partial charge >= 0.3 is 0 Å². The topological polar surface area (TPSA) is 64.1 Å². The van der Waals surface area contributed by atoms with Crippen LogP contribution in [0.2, 0.25) is 0 Å². The highest BCUT2D eigenvalue weighted by Gasteiger charge is 2.14. The molecular weight excluding hydrogens is 273 g/mol. The predicted octanol–water partition coefficient (Wildman–Crippen LogP) is 2.42. The van der Waals surface area contributed by atoms with Crippen LogP contribution < -0.4 is 10.1 Å². The molecule has 0 radical (unpaired) electrons. The fraction of sp³-hybridized carbons (Fsp3) is 0.267. The predicted molar refractivity (Wildman–Crippen MR) is 75.6 cm³/mol. The zero-order valence-electron chi connectivity index (χ0n) is 12.1. The molecular formula is C15H16FN3O2. The standard InChI is InChI=1S/C15H16FN3O2/c1-9-7-18-13(8-17-9)15(20)19-10(2)11-4-5-14(21-3)12(16)6-11/h4-8,10H,1-3H3,(H,19,20)/t10-/m0/s1. The Kier molecular flexibility index (Phi) is 4.47. The zero-order chi connectivity index (χ0) is 15.4. The molecule has 0 aliphatic carbocycles. The molecule has 1 amide bonds. The van der Waals surface area contributed by atoms with Gasteiger partial charge in [0.1, 0.15) is 5.69 Å². The monoisotopic (exact) mass is 289 g/mol. The van der Waals surface area contributed by atoms with E-state index in [0.29, 0.717) is 5.56 Å². The number of carbonyl (C=O) groups is 1. The van der Waals surface area contributed by atoms with Gasteiger partial charge in [-0.05, 0) is 31.5 Å². The molecule has 2 rings (SSSR count). The van der Waals surface area contributed by atoms with Crippen molar-refractivity contribution >= 4 is 5.91 Å². The number of carbonyl (C=O) groups excluding carboxylic acids is 1. The van der Waals surface area contributed by atoms with Crippen molar-refractivity contribution in [3.8, 4) is 5.75 Å². The molecule has 0 aliphatic heterocycles. The van der Waals surface area contributed by atoms with E-state index in [9.17, 15) is 9.18 Å². The van der Waals surface area contributed by atoms with Gasteiger partial charge in [0.15, 0.2) is 11.6 Å². The van der Waals surface area contributed by atoms with Crippen molar-refractivity contribution in [3.05, 3.63) is 53.4 Å². The van der Waals surface area contributed by atoms with Crippen molar-refractivity contribution in [1.29, 1.82) is 0 Å². The molecule has 6 heteroatoms. The van der Waals surface area contributed by atoms with Gasteiger partial charge in [-0.1, -0.05) is 6.07 Å². The van der Waals surface area contributed by atoms with Crippen LogP contribution in [0.1, 0.15) is 34.7 Å². The quantitative estimate of drug-likeness (QED) is 0.939. The summed E-state index contributed by atoms with van der Waals surface area (Å²) < 4.78 is 18.5. The molecule has 1 heterocycles. The molecule has 1 aromatic heterocycles. The lowest BCUT2D eigenvalue weighted by Gasteiger charge is -2.15. The highest BCUT2D eigenvalue weighted by Crippen LogP contribution is 2.21. The Balaban J connectivity index is 2.10. The number of methoxy groups -OCH3 is 1. The Hall–Kier alpha value is -2.50. The molecule has 1 aromatic carbocycles. The van der Waals surface area contributed by atoms with Gasteiger partial charge in [0.05, 0.1) is 25.0 Å². The molecule has 0 unspecified atom stereocenters. The van der Waals surface area contributed by atoms with Crippen LogP contribution in [0.15, 0.2) is 30.6 Å². The molecule has 21 heavy (non-hydrogen) atoms. The number of nitrogens with one attached hydrogen (secondary N) is 1. The summed E-state index contributed by atoms with van der Waals surface area (Å²) in [6.07, 6.45) is 2.93. The van der Waals surface area contributed by atoms with Crippen molar-refractivity contribution in [2.45, 2.75) is 19.9 Å². The number of benzene rings is 1. The third-order valence-corrected chi connectivity index (χ3v) is 3.04. The Morgan fingerprint density at radius 1 is 1.33 bits per heavy atom. The van der Waals surface area contributed by atoms with Crippen LogP contribution >= 0.6 is 0 Å². The first-order valence-electron chi connectivity index (χ1n) is 6.44. The van der Waals surface area contributed by atoms with E-state index < -0.39 is 5.82 Å². The van der Waals surface area contributed by atoms with Gasteiger partial charge in [-0.2, -0.15) is 0 Å². The van der Waals surface area contributed by atoms with Gasteiger partial charge in [-0.3, -0.25) is 9.78 Å². The largest absolute Gasteiger partial charge is 0.494 e. The maximum atomic E-state index is 13.7. The van der Waals surface area contributed by atoms with E-state index in [-0.39, 0.29) is 23.4 Å². The number of rotatable bonds is 4. The first kappa shape index (κ1) is 14.9. The number of aryl methyl sites for hydroxylation is 1. The zero-order valence-corrected chi connectivity index (χ0v) is 12.1. The summed E-state index contributed by atoms with van der Waals surface area (Å²) in [7, 11) is 1.40. The van der Waals surface area contributed by atoms with Gasteiger partial charge in [-0.15, -0.1) is 0 Å². The van der Waals surface area contributed by atoms with Gasteiger partial charge in [-0.25, -0.2) is 9.37 Å². The second-order valence-corrected chi connectivity index (χ2v) is 4.63. The van der Waals surface area contributed by atoms with Gasteiger partial charge in [0, 0.05) is 6.20 Å². The number of halogens is 1. The number of aromatic nitrogens is 2.